The Morgan fingerprint density at radius 3 is 2.79 bits per heavy atom. The SMILES string of the molecule is COc1cnn(C(C)C)c1C(=O)C1(C)CCCCN1. The van der Waals surface area contributed by atoms with Crippen molar-refractivity contribution in [2.24, 2.45) is 0 Å². The number of ether oxygens (including phenoxy) is 1. The molecule has 0 spiro atoms. The third-order valence-corrected chi connectivity index (χ3v) is 3.81. The maximum Gasteiger partial charge on any atom is 0.204 e. The molecule has 1 unspecified atom stereocenters. The number of nitrogens with zero attached hydrogens (tertiary/aromatic N) is 2. The second kappa shape index (κ2) is 5.33. The van der Waals surface area contributed by atoms with Gasteiger partial charge in [-0.15, -0.1) is 0 Å². The van der Waals surface area contributed by atoms with E-state index in [4.69, 9.17) is 4.74 Å². The predicted molar refractivity (Wildman–Crippen MR) is 73.8 cm³/mol. The van der Waals surface area contributed by atoms with Gasteiger partial charge in [0.25, 0.3) is 0 Å². The van der Waals surface area contributed by atoms with Gasteiger partial charge in [0.2, 0.25) is 5.78 Å². The van der Waals surface area contributed by atoms with Gasteiger partial charge in [0.05, 0.1) is 18.8 Å². The minimum Gasteiger partial charge on any atom is -0.493 e. The number of hydrogen-bond acceptors (Lipinski definition) is 4. The van der Waals surface area contributed by atoms with E-state index in [0.29, 0.717) is 11.4 Å². The number of aromatic nitrogens is 2. The molecule has 1 N–H and O–H groups in total. The highest BCUT2D eigenvalue weighted by atomic mass is 16.5. The van der Waals surface area contributed by atoms with Crippen molar-refractivity contribution in [1.29, 1.82) is 0 Å². The summed E-state index contributed by atoms with van der Waals surface area (Å²) in [6.45, 7) is 6.89. The minimum atomic E-state index is -0.502. The van der Waals surface area contributed by atoms with Crippen molar-refractivity contribution < 1.29 is 9.53 Å². The first-order valence-corrected chi connectivity index (χ1v) is 6.91. The zero-order valence-electron chi connectivity index (χ0n) is 12.2. The average Bonchev–Trinajstić information content (AvgIpc) is 2.82. The van der Waals surface area contributed by atoms with Crippen LogP contribution in [0.3, 0.4) is 0 Å². The fraction of sp³-hybridized carbons (Fsp3) is 0.714. The number of Topliss-reactive ketones (excluding diaryl/α,β-unsaturated/α-hetero) is 1. The molecule has 5 heteroatoms. The third-order valence-electron chi connectivity index (χ3n) is 3.81. The van der Waals surface area contributed by atoms with Crippen LogP contribution < -0.4 is 10.1 Å². The van der Waals surface area contributed by atoms with Crippen LogP contribution in [-0.2, 0) is 0 Å². The van der Waals surface area contributed by atoms with Gasteiger partial charge < -0.3 is 10.1 Å². The molecule has 0 saturated carbocycles. The number of hydrogen-bond donors (Lipinski definition) is 1. The fourth-order valence-corrected chi connectivity index (χ4v) is 2.61. The molecule has 1 aliphatic rings. The lowest BCUT2D eigenvalue weighted by Crippen LogP contribution is -2.52. The van der Waals surface area contributed by atoms with Gasteiger partial charge in [-0.1, -0.05) is 0 Å². The first kappa shape index (κ1) is 14.1. The summed E-state index contributed by atoms with van der Waals surface area (Å²) >= 11 is 0. The number of carbonyl (C=O) groups is 1. The number of nitrogens with one attached hydrogen (secondary N) is 1. The molecule has 5 nitrogen and oxygen atoms in total. The van der Waals surface area contributed by atoms with Gasteiger partial charge in [-0.05, 0) is 46.6 Å². The molecule has 0 amide bonds. The smallest absolute Gasteiger partial charge is 0.204 e. The van der Waals surface area contributed by atoms with Gasteiger partial charge in [0.1, 0.15) is 5.69 Å². The Bertz CT molecular complexity index is 459. The Morgan fingerprint density at radius 2 is 2.26 bits per heavy atom. The fourth-order valence-electron chi connectivity index (χ4n) is 2.61. The van der Waals surface area contributed by atoms with Crippen LogP contribution in [-0.4, -0.2) is 34.8 Å². The lowest BCUT2D eigenvalue weighted by molar-refractivity contribution is 0.0817. The van der Waals surface area contributed by atoms with Crippen molar-refractivity contribution in [2.75, 3.05) is 13.7 Å². The van der Waals surface area contributed by atoms with E-state index in [2.05, 4.69) is 10.4 Å². The summed E-state index contributed by atoms with van der Waals surface area (Å²) in [5.74, 6) is 0.641. The van der Waals surface area contributed by atoms with E-state index in [-0.39, 0.29) is 11.8 Å². The number of carbonyl (C=O) groups excluding carboxylic acids is 1. The van der Waals surface area contributed by atoms with Gasteiger partial charge in [-0.2, -0.15) is 5.10 Å². The lowest BCUT2D eigenvalue weighted by atomic mass is 9.85. The molecule has 0 bridgehead atoms. The number of rotatable bonds is 4. The van der Waals surface area contributed by atoms with E-state index in [0.717, 1.165) is 25.8 Å². The first-order chi connectivity index (χ1) is 8.99. The molecule has 0 radical (unpaired) electrons. The molecule has 1 saturated heterocycles. The Morgan fingerprint density at radius 1 is 1.53 bits per heavy atom. The predicted octanol–water partition coefficient (Wildman–Crippen LogP) is 2.19. The van der Waals surface area contributed by atoms with Crippen molar-refractivity contribution in [1.82, 2.24) is 15.1 Å². The van der Waals surface area contributed by atoms with Crippen LogP contribution in [0, 0.1) is 0 Å². The van der Waals surface area contributed by atoms with Crippen LogP contribution in [0.15, 0.2) is 6.20 Å². The number of methoxy groups -OCH3 is 1. The normalized spacial score (nSPS) is 23.6. The Kier molecular flexibility index (Phi) is 3.94. The summed E-state index contributed by atoms with van der Waals surface area (Å²) in [6, 6.07) is 0.134. The second-order valence-corrected chi connectivity index (χ2v) is 5.64. The van der Waals surface area contributed by atoms with E-state index in [1.165, 1.54) is 0 Å². The molecule has 1 aromatic heterocycles. The van der Waals surface area contributed by atoms with Crippen molar-refractivity contribution in [3.63, 3.8) is 0 Å². The summed E-state index contributed by atoms with van der Waals surface area (Å²) in [5, 5.41) is 7.63. The second-order valence-electron chi connectivity index (χ2n) is 5.64. The van der Waals surface area contributed by atoms with Crippen LogP contribution in [0.1, 0.15) is 56.6 Å². The van der Waals surface area contributed by atoms with Gasteiger partial charge >= 0.3 is 0 Å². The molecule has 1 aromatic rings. The highest BCUT2D eigenvalue weighted by Crippen LogP contribution is 2.29. The molecule has 2 heterocycles. The largest absolute Gasteiger partial charge is 0.493 e. The zero-order valence-corrected chi connectivity index (χ0v) is 12.2. The highest BCUT2D eigenvalue weighted by Gasteiger charge is 2.38. The van der Waals surface area contributed by atoms with Crippen LogP contribution in [0.4, 0.5) is 0 Å². The number of ketones is 1. The summed E-state index contributed by atoms with van der Waals surface area (Å²) in [7, 11) is 1.58. The van der Waals surface area contributed by atoms with E-state index in [9.17, 15) is 4.79 Å². The molecule has 0 aliphatic carbocycles. The molecule has 1 aliphatic heterocycles. The molecule has 2 rings (SSSR count). The van der Waals surface area contributed by atoms with Gasteiger partial charge in [0.15, 0.2) is 5.75 Å². The summed E-state index contributed by atoms with van der Waals surface area (Å²) in [6.07, 6.45) is 4.69. The quantitative estimate of drug-likeness (QED) is 0.848. The van der Waals surface area contributed by atoms with Crippen LogP contribution in [0.25, 0.3) is 0 Å². The first-order valence-electron chi connectivity index (χ1n) is 6.91. The van der Waals surface area contributed by atoms with E-state index < -0.39 is 5.54 Å². The standard InChI is InChI=1S/C14H23N3O2/c1-10(2)17-12(11(19-4)9-16-17)13(18)14(3)7-5-6-8-15-14/h9-10,15H,5-8H2,1-4H3. The minimum absolute atomic E-state index is 0.0789. The van der Waals surface area contributed by atoms with Crippen LogP contribution in [0.5, 0.6) is 5.75 Å². The lowest BCUT2D eigenvalue weighted by Gasteiger charge is -2.33. The maximum absolute atomic E-state index is 12.9. The third kappa shape index (κ3) is 2.52. The van der Waals surface area contributed by atoms with Crippen LogP contribution >= 0.6 is 0 Å². The van der Waals surface area contributed by atoms with Gasteiger partial charge in [-0.3, -0.25) is 9.48 Å². The Hall–Kier alpha value is -1.36. The van der Waals surface area contributed by atoms with E-state index in [1.807, 2.05) is 20.8 Å². The topological polar surface area (TPSA) is 56.2 Å². The molecule has 19 heavy (non-hydrogen) atoms. The van der Waals surface area contributed by atoms with Crippen molar-refractivity contribution >= 4 is 5.78 Å². The molecule has 0 aromatic carbocycles. The van der Waals surface area contributed by atoms with Crippen molar-refractivity contribution in [2.45, 2.75) is 51.6 Å². The monoisotopic (exact) mass is 265 g/mol. The summed E-state index contributed by atoms with van der Waals surface area (Å²) in [4.78, 5) is 12.9. The van der Waals surface area contributed by atoms with E-state index >= 15 is 0 Å². The Balaban J connectivity index is 2.39. The maximum atomic E-state index is 12.9. The van der Waals surface area contributed by atoms with Gasteiger partial charge in [0, 0.05) is 6.04 Å². The van der Waals surface area contributed by atoms with Crippen molar-refractivity contribution in [3.05, 3.63) is 11.9 Å². The molecule has 1 fully saturated rings. The molecular weight excluding hydrogens is 242 g/mol. The van der Waals surface area contributed by atoms with Gasteiger partial charge in [-0.25, -0.2) is 0 Å². The van der Waals surface area contributed by atoms with Crippen molar-refractivity contribution in [3.8, 4) is 5.75 Å². The number of piperidine rings is 1. The van der Waals surface area contributed by atoms with Crippen LogP contribution in [0.2, 0.25) is 0 Å². The van der Waals surface area contributed by atoms with E-state index in [1.54, 1.807) is 18.0 Å². The average molecular weight is 265 g/mol. The Labute approximate surface area is 114 Å². The zero-order chi connectivity index (χ0) is 14.0. The summed E-state index contributed by atoms with van der Waals surface area (Å²) in [5.41, 5.74) is 0.0764. The molecule has 1 atom stereocenters. The summed E-state index contributed by atoms with van der Waals surface area (Å²) < 4.78 is 7.05. The highest BCUT2D eigenvalue weighted by molar-refractivity contribution is 6.03. The molecule has 106 valence electrons. The molecular formula is C14H23N3O2.